The van der Waals surface area contributed by atoms with Crippen molar-refractivity contribution in [2.24, 2.45) is 0 Å². The molecule has 0 saturated carbocycles. The van der Waals surface area contributed by atoms with Gasteiger partial charge in [-0.05, 0) is 47.3 Å². The van der Waals surface area contributed by atoms with E-state index in [4.69, 9.17) is 15.2 Å². The largest absolute Gasteiger partial charge is 0.454 e. The Morgan fingerprint density at radius 2 is 2.03 bits per heavy atom. The summed E-state index contributed by atoms with van der Waals surface area (Å²) in [5.74, 6) is 1.60. The number of rotatable bonds is 6. The molecule has 0 bridgehead atoms. The molecule has 3 aromatic rings. The third-order valence-corrected chi connectivity index (χ3v) is 8.94. The van der Waals surface area contributed by atoms with Crippen LogP contribution in [0.3, 0.4) is 0 Å². The summed E-state index contributed by atoms with van der Waals surface area (Å²) in [5, 5.41) is 0.648. The number of halogens is 1. The number of imidazole rings is 1. The molecule has 14 heteroatoms. The Bertz CT molecular complexity index is 1250. The van der Waals surface area contributed by atoms with Crippen LogP contribution in [0, 0.1) is 0 Å². The summed E-state index contributed by atoms with van der Waals surface area (Å²) < 4.78 is 27.0. The van der Waals surface area contributed by atoms with Gasteiger partial charge in [-0.2, -0.15) is 0 Å². The predicted octanol–water partition coefficient (Wildman–Crippen LogP) is 3.39. The summed E-state index contributed by atoms with van der Waals surface area (Å²) >= 11 is 5.00. The Labute approximate surface area is 202 Å². The zero-order valence-corrected chi connectivity index (χ0v) is 20.7. The summed E-state index contributed by atoms with van der Waals surface area (Å²) in [5.41, 5.74) is 7.14. The van der Waals surface area contributed by atoms with E-state index in [0.717, 1.165) is 28.6 Å². The minimum atomic E-state index is -4.32. The Hall–Kier alpha value is -1.89. The molecule has 4 N–H and O–H groups in total. The number of hydrogen-bond acceptors (Lipinski definition) is 8. The van der Waals surface area contributed by atoms with Crippen molar-refractivity contribution in [3.63, 3.8) is 0 Å². The molecule has 11 nitrogen and oxygen atoms in total. The van der Waals surface area contributed by atoms with Crippen molar-refractivity contribution >= 4 is 52.4 Å². The third-order valence-electron chi connectivity index (χ3n) is 5.77. The third kappa shape index (κ3) is 4.58. The van der Waals surface area contributed by atoms with Crippen LogP contribution in [-0.4, -0.2) is 53.4 Å². The molecule has 0 spiro atoms. The fraction of sp³-hybridized carbons (Fsp3) is 0.421. The van der Waals surface area contributed by atoms with Gasteiger partial charge in [0.25, 0.3) is 0 Å². The van der Waals surface area contributed by atoms with Gasteiger partial charge in [0.05, 0.1) is 0 Å². The van der Waals surface area contributed by atoms with Crippen molar-refractivity contribution in [2.45, 2.75) is 48.3 Å². The molecule has 1 unspecified atom stereocenters. The highest BCUT2D eigenvalue weighted by atomic mass is 79.9. The summed E-state index contributed by atoms with van der Waals surface area (Å²) in [6.07, 6.45) is 4.37. The fourth-order valence-electron chi connectivity index (χ4n) is 4.19. The highest BCUT2D eigenvalue weighted by Gasteiger charge is 2.34. The fourth-order valence-corrected chi connectivity index (χ4v) is 6.76. The molecule has 33 heavy (non-hydrogen) atoms. The minimum absolute atomic E-state index is 0.179. The highest BCUT2D eigenvalue weighted by Crippen LogP contribution is 2.46. The Morgan fingerprint density at radius 3 is 2.82 bits per heavy atom. The first-order valence-corrected chi connectivity index (χ1v) is 13.5. The second-order valence-corrected chi connectivity index (χ2v) is 11.2. The van der Waals surface area contributed by atoms with Gasteiger partial charge in [0.1, 0.15) is 6.33 Å². The molecule has 2 aromatic heterocycles. The zero-order chi connectivity index (χ0) is 23.2. The maximum atomic E-state index is 12.0. The number of aromatic nitrogens is 4. The average molecular weight is 557 g/mol. The quantitative estimate of drug-likeness (QED) is 0.383. The number of nitrogens with zero attached hydrogens (tertiary/aromatic N) is 5. The Kier molecular flexibility index (Phi) is 6.27. The van der Waals surface area contributed by atoms with Gasteiger partial charge in [0, 0.05) is 28.5 Å². The molecule has 176 valence electrons. The van der Waals surface area contributed by atoms with Crippen molar-refractivity contribution in [1.82, 2.24) is 24.2 Å². The lowest BCUT2D eigenvalue weighted by atomic mass is 10.0. The van der Waals surface area contributed by atoms with E-state index in [9.17, 15) is 14.4 Å². The van der Waals surface area contributed by atoms with Crippen LogP contribution in [0.25, 0.3) is 11.2 Å². The van der Waals surface area contributed by atoms with Crippen LogP contribution in [0.5, 0.6) is 11.5 Å². The molecule has 1 atom stereocenters. The van der Waals surface area contributed by atoms with Crippen LogP contribution in [0.4, 0.5) is 5.82 Å². The number of hydrogen-bond donors (Lipinski definition) is 3. The Balaban J connectivity index is 1.47. The SMILES string of the molecule is Nc1ncnc2c1nc(Sc1cc3c(cc1Br)OCO3)n2CCC1CCCCN1P(=O)(O)O. The average Bonchev–Trinajstić information content (AvgIpc) is 3.37. The minimum Gasteiger partial charge on any atom is -0.454 e. The van der Waals surface area contributed by atoms with Gasteiger partial charge in [0.15, 0.2) is 33.6 Å². The zero-order valence-electron chi connectivity index (χ0n) is 17.4. The molecule has 1 saturated heterocycles. The van der Waals surface area contributed by atoms with Crippen LogP contribution in [0.15, 0.2) is 33.0 Å². The molecule has 2 aliphatic heterocycles. The monoisotopic (exact) mass is 556 g/mol. The van der Waals surface area contributed by atoms with E-state index >= 15 is 0 Å². The van der Waals surface area contributed by atoms with Gasteiger partial charge in [-0.25, -0.2) is 24.2 Å². The van der Waals surface area contributed by atoms with Gasteiger partial charge in [-0.3, -0.25) is 0 Å². The lowest BCUT2D eigenvalue weighted by Crippen LogP contribution is -2.37. The summed E-state index contributed by atoms with van der Waals surface area (Å²) in [4.78, 5) is 33.6. The molecular weight excluding hydrogens is 535 g/mol. The number of ether oxygens (including phenoxy) is 2. The number of benzene rings is 1. The summed E-state index contributed by atoms with van der Waals surface area (Å²) in [6, 6.07) is 3.50. The summed E-state index contributed by atoms with van der Waals surface area (Å²) in [6.45, 7) is 1.04. The topological polar surface area (TPSA) is 149 Å². The number of fused-ring (bicyclic) bond motifs is 2. The van der Waals surface area contributed by atoms with Crippen LogP contribution < -0.4 is 15.2 Å². The molecule has 2 aliphatic rings. The molecule has 5 rings (SSSR count). The van der Waals surface area contributed by atoms with E-state index < -0.39 is 7.75 Å². The van der Waals surface area contributed by atoms with E-state index in [0.29, 0.717) is 47.3 Å². The number of nitrogens with two attached hydrogens (primary N) is 1. The van der Waals surface area contributed by atoms with Gasteiger partial charge in [-0.15, -0.1) is 0 Å². The maximum Gasteiger partial charge on any atom is 0.403 e. The number of aryl methyl sites for hydroxylation is 1. The molecule has 1 fully saturated rings. The first-order chi connectivity index (χ1) is 15.8. The van der Waals surface area contributed by atoms with Crippen LogP contribution in [-0.2, 0) is 11.1 Å². The first kappa shape index (κ1) is 22.9. The van der Waals surface area contributed by atoms with E-state index in [1.54, 1.807) is 0 Å². The lowest BCUT2D eigenvalue weighted by Gasteiger charge is -2.35. The van der Waals surface area contributed by atoms with Crippen molar-refractivity contribution in [2.75, 3.05) is 19.1 Å². The van der Waals surface area contributed by atoms with Crippen molar-refractivity contribution < 1.29 is 23.8 Å². The van der Waals surface area contributed by atoms with Gasteiger partial charge < -0.3 is 29.6 Å². The van der Waals surface area contributed by atoms with Crippen molar-refractivity contribution in [3.05, 3.63) is 22.9 Å². The smallest absolute Gasteiger partial charge is 0.403 e. The van der Waals surface area contributed by atoms with E-state index in [-0.39, 0.29) is 18.7 Å². The predicted molar refractivity (Wildman–Crippen MR) is 125 cm³/mol. The van der Waals surface area contributed by atoms with Gasteiger partial charge in [-0.1, -0.05) is 18.2 Å². The number of nitrogen functional groups attached to an aromatic ring is 1. The number of piperidine rings is 1. The van der Waals surface area contributed by atoms with Crippen LogP contribution >= 0.6 is 35.4 Å². The van der Waals surface area contributed by atoms with E-state index in [1.165, 1.54) is 22.8 Å². The second kappa shape index (κ2) is 9.05. The molecule has 0 amide bonds. The van der Waals surface area contributed by atoms with Crippen LogP contribution in [0.2, 0.25) is 0 Å². The standard InChI is InChI=1S/C19H22BrN6O5PS/c20-12-7-13-14(31-10-30-13)8-15(12)33-19-24-16-17(21)22-9-23-18(16)25(19)6-4-11-3-1-2-5-26(11)32(27,28)29/h7-9,11H,1-6,10H2,(H2,21,22,23)(H2,27,28,29). The molecule has 1 aromatic carbocycles. The first-order valence-electron chi connectivity index (χ1n) is 10.4. The molecule has 4 heterocycles. The lowest BCUT2D eigenvalue weighted by molar-refractivity contribution is 0.174. The van der Waals surface area contributed by atoms with E-state index in [2.05, 4.69) is 30.9 Å². The highest BCUT2D eigenvalue weighted by molar-refractivity contribution is 9.10. The normalized spacial score (nSPS) is 18.8. The van der Waals surface area contributed by atoms with Gasteiger partial charge in [0.2, 0.25) is 6.79 Å². The molecule has 0 aliphatic carbocycles. The maximum absolute atomic E-state index is 12.0. The van der Waals surface area contributed by atoms with Crippen molar-refractivity contribution in [3.8, 4) is 11.5 Å². The molecular formula is C19H22BrN6O5PS. The van der Waals surface area contributed by atoms with E-state index in [1.807, 2.05) is 16.7 Å². The molecule has 0 radical (unpaired) electrons. The van der Waals surface area contributed by atoms with Crippen LogP contribution in [0.1, 0.15) is 25.7 Å². The Morgan fingerprint density at radius 1 is 1.24 bits per heavy atom. The van der Waals surface area contributed by atoms with Gasteiger partial charge >= 0.3 is 7.75 Å². The second-order valence-electron chi connectivity index (χ2n) is 7.83. The number of anilines is 1. The van der Waals surface area contributed by atoms with Crippen molar-refractivity contribution in [1.29, 1.82) is 0 Å². The summed E-state index contributed by atoms with van der Waals surface area (Å²) in [7, 11) is -4.32.